The van der Waals surface area contributed by atoms with E-state index in [-0.39, 0.29) is 13.2 Å². The molecule has 0 radical (unpaired) electrons. The highest BCUT2D eigenvalue weighted by Gasteiger charge is 2.09. The van der Waals surface area contributed by atoms with Gasteiger partial charge < -0.3 is 15.5 Å². The van der Waals surface area contributed by atoms with Crippen LogP contribution in [0, 0.1) is 0 Å². The monoisotopic (exact) mass is 297 g/mol. The van der Waals surface area contributed by atoms with Crippen molar-refractivity contribution in [2.24, 2.45) is 0 Å². The molecule has 0 saturated carbocycles. The van der Waals surface area contributed by atoms with Crippen LogP contribution in [0.25, 0.3) is 0 Å². The average molecular weight is 298 g/mol. The predicted octanol–water partition coefficient (Wildman–Crippen LogP) is 3.72. The van der Waals surface area contributed by atoms with Gasteiger partial charge >= 0.3 is 0 Å². The Hall–Kier alpha value is -1.26. The topological polar surface area (TPSA) is 52.5 Å². The van der Waals surface area contributed by atoms with Gasteiger partial charge in [-0.15, -0.1) is 0 Å². The van der Waals surface area contributed by atoms with Crippen molar-refractivity contribution in [3.8, 4) is 0 Å². The zero-order valence-corrected chi connectivity index (χ0v) is 11.5. The van der Waals surface area contributed by atoms with Crippen LogP contribution in [0.2, 0.25) is 10.0 Å². The van der Waals surface area contributed by atoms with Crippen LogP contribution < -0.4 is 5.32 Å². The summed E-state index contributed by atoms with van der Waals surface area (Å²) in [6, 6.07) is 10.5. The largest absolute Gasteiger partial charge is 0.392 e. The molecular weight excluding hydrogens is 285 g/mol. The van der Waals surface area contributed by atoms with E-state index in [1.807, 2.05) is 0 Å². The zero-order valence-electron chi connectivity index (χ0n) is 10.0. The molecule has 0 aliphatic heterocycles. The van der Waals surface area contributed by atoms with Crippen molar-refractivity contribution in [1.82, 2.24) is 0 Å². The Labute approximate surface area is 121 Å². The second-order valence-electron chi connectivity index (χ2n) is 4.03. The van der Waals surface area contributed by atoms with Crippen molar-refractivity contribution < 1.29 is 10.2 Å². The third-order valence-corrected chi connectivity index (χ3v) is 3.37. The first-order valence-electron chi connectivity index (χ1n) is 5.70. The van der Waals surface area contributed by atoms with Gasteiger partial charge in [0.05, 0.1) is 28.9 Å². The first-order valence-corrected chi connectivity index (χ1v) is 6.46. The Morgan fingerprint density at radius 2 is 1.63 bits per heavy atom. The number of nitrogens with one attached hydrogen (secondary N) is 1. The van der Waals surface area contributed by atoms with E-state index in [0.717, 1.165) is 5.56 Å². The fourth-order valence-electron chi connectivity index (χ4n) is 1.75. The highest BCUT2D eigenvalue weighted by molar-refractivity contribution is 6.39. The number of anilines is 2. The molecule has 0 heterocycles. The summed E-state index contributed by atoms with van der Waals surface area (Å²) >= 11 is 12.2. The Balaban J connectivity index is 2.38. The predicted molar refractivity (Wildman–Crippen MR) is 78.0 cm³/mol. The van der Waals surface area contributed by atoms with Crippen LogP contribution in [0.15, 0.2) is 36.4 Å². The number of halogens is 2. The number of benzene rings is 2. The summed E-state index contributed by atoms with van der Waals surface area (Å²) in [6.45, 7) is -0.210. The molecule has 0 aromatic heterocycles. The number of para-hydroxylation sites is 1. The van der Waals surface area contributed by atoms with E-state index in [9.17, 15) is 5.11 Å². The SMILES string of the molecule is OCc1ccc(Nc2c(Cl)cccc2Cl)c(CO)c1. The molecular formula is C14H13Cl2NO2. The fourth-order valence-corrected chi connectivity index (χ4v) is 2.24. The zero-order chi connectivity index (χ0) is 13.8. The first kappa shape index (κ1) is 14.2. The molecule has 2 rings (SSSR count). The molecule has 0 amide bonds. The molecule has 0 bridgehead atoms. The lowest BCUT2D eigenvalue weighted by Gasteiger charge is -2.14. The molecule has 2 aromatic carbocycles. The molecule has 0 unspecified atom stereocenters. The van der Waals surface area contributed by atoms with Crippen molar-refractivity contribution in [3.63, 3.8) is 0 Å². The van der Waals surface area contributed by atoms with Crippen molar-refractivity contribution in [3.05, 3.63) is 57.6 Å². The summed E-state index contributed by atoms with van der Waals surface area (Å²) in [6.07, 6.45) is 0. The highest BCUT2D eigenvalue weighted by atomic mass is 35.5. The van der Waals surface area contributed by atoms with E-state index in [0.29, 0.717) is 27.0 Å². The van der Waals surface area contributed by atoms with Crippen LogP contribution in [-0.2, 0) is 13.2 Å². The van der Waals surface area contributed by atoms with E-state index in [2.05, 4.69) is 5.32 Å². The Bertz CT molecular complexity index is 567. The number of hydrogen-bond donors (Lipinski definition) is 3. The molecule has 0 aliphatic rings. The quantitative estimate of drug-likeness (QED) is 0.806. The summed E-state index contributed by atoms with van der Waals surface area (Å²) in [5.41, 5.74) is 2.70. The molecule has 0 fully saturated rings. The van der Waals surface area contributed by atoms with E-state index in [4.69, 9.17) is 28.3 Å². The fraction of sp³-hybridized carbons (Fsp3) is 0.143. The molecule has 0 spiro atoms. The maximum Gasteiger partial charge on any atom is 0.0763 e. The smallest absolute Gasteiger partial charge is 0.0763 e. The van der Waals surface area contributed by atoms with Crippen molar-refractivity contribution in [1.29, 1.82) is 0 Å². The van der Waals surface area contributed by atoms with Crippen molar-refractivity contribution in [2.45, 2.75) is 13.2 Å². The Morgan fingerprint density at radius 1 is 0.947 bits per heavy atom. The van der Waals surface area contributed by atoms with Crippen LogP contribution in [0.1, 0.15) is 11.1 Å². The molecule has 19 heavy (non-hydrogen) atoms. The maximum absolute atomic E-state index is 9.37. The lowest BCUT2D eigenvalue weighted by atomic mass is 10.1. The Morgan fingerprint density at radius 3 is 2.21 bits per heavy atom. The molecule has 3 N–H and O–H groups in total. The minimum Gasteiger partial charge on any atom is -0.392 e. The standard InChI is InChI=1S/C14H13Cl2NO2/c15-11-2-1-3-12(16)14(11)17-13-5-4-9(7-18)6-10(13)8-19/h1-6,17-19H,7-8H2. The minimum atomic E-state index is -0.141. The summed E-state index contributed by atoms with van der Waals surface area (Å²) in [5, 5.41) is 22.6. The van der Waals surface area contributed by atoms with Gasteiger partial charge in [0.1, 0.15) is 0 Å². The maximum atomic E-state index is 9.37. The molecule has 100 valence electrons. The van der Waals surface area contributed by atoms with Gasteiger partial charge in [0, 0.05) is 11.3 Å². The lowest BCUT2D eigenvalue weighted by molar-refractivity contribution is 0.276. The number of aliphatic hydroxyl groups is 2. The van der Waals surface area contributed by atoms with Crippen LogP contribution in [0.4, 0.5) is 11.4 Å². The van der Waals surface area contributed by atoms with Crippen LogP contribution >= 0.6 is 23.2 Å². The summed E-state index contributed by atoms with van der Waals surface area (Å²) in [4.78, 5) is 0. The van der Waals surface area contributed by atoms with Crippen LogP contribution in [0.5, 0.6) is 0 Å². The van der Waals surface area contributed by atoms with Gasteiger partial charge in [0.25, 0.3) is 0 Å². The van der Waals surface area contributed by atoms with E-state index >= 15 is 0 Å². The number of aliphatic hydroxyl groups excluding tert-OH is 2. The van der Waals surface area contributed by atoms with Crippen molar-refractivity contribution >= 4 is 34.6 Å². The van der Waals surface area contributed by atoms with Gasteiger partial charge in [-0.3, -0.25) is 0 Å². The van der Waals surface area contributed by atoms with Gasteiger partial charge in [-0.2, -0.15) is 0 Å². The molecule has 3 nitrogen and oxygen atoms in total. The van der Waals surface area contributed by atoms with E-state index in [1.165, 1.54) is 0 Å². The number of rotatable bonds is 4. The second kappa shape index (κ2) is 6.26. The normalized spacial score (nSPS) is 10.5. The van der Waals surface area contributed by atoms with Gasteiger partial charge in [-0.25, -0.2) is 0 Å². The van der Waals surface area contributed by atoms with Crippen LogP contribution in [0.3, 0.4) is 0 Å². The number of hydrogen-bond acceptors (Lipinski definition) is 3. The second-order valence-corrected chi connectivity index (χ2v) is 4.84. The average Bonchev–Trinajstić information content (AvgIpc) is 2.43. The van der Waals surface area contributed by atoms with Crippen molar-refractivity contribution in [2.75, 3.05) is 5.32 Å². The third-order valence-electron chi connectivity index (χ3n) is 2.75. The Kier molecular flexibility index (Phi) is 4.66. The molecule has 0 saturated heterocycles. The van der Waals surface area contributed by atoms with E-state index in [1.54, 1.807) is 36.4 Å². The van der Waals surface area contributed by atoms with Gasteiger partial charge in [0.2, 0.25) is 0 Å². The molecule has 5 heteroatoms. The summed E-state index contributed by atoms with van der Waals surface area (Å²) in [5.74, 6) is 0. The van der Waals surface area contributed by atoms with E-state index < -0.39 is 0 Å². The minimum absolute atomic E-state index is 0.0693. The van der Waals surface area contributed by atoms with Gasteiger partial charge in [-0.1, -0.05) is 35.3 Å². The first-order chi connectivity index (χ1) is 9.15. The summed E-state index contributed by atoms with van der Waals surface area (Å²) < 4.78 is 0. The molecule has 0 atom stereocenters. The summed E-state index contributed by atoms with van der Waals surface area (Å²) in [7, 11) is 0. The lowest BCUT2D eigenvalue weighted by Crippen LogP contribution is -1.99. The molecule has 0 aliphatic carbocycles. The third kappa shape index (κ3) is 3.19. The highest BCUT2D eigenvalue weighted by Crippen LogP contribution is 2.33. The van der Waals surface area contributed by atoms with Crippen LogP contribution in [-0.4, -0.2) is 10.2 Å². The molecule has 2 aromatic rings. The van der Waals surface area contributed by atoms with Gasteiger partial charge in [0.15, 0.2) is 0 Å². The van der Waals surface area contributed by atoms with Gasteiger partial charge in [-0.05, 0) is 29.8 Å².